The molecule has 0 aliphatic heterocycles. The monoisotopic (exact) mass is 258 g/mol. The van der Waals surface area contributed by atoms with E-state index in [2.05, 4.69) is 4.65 Å². The van der Waals surface area contributed by atoms with Crippen LogP contribution in [-0.4, -0.2) is 47.5 Å². The average molecular weight is 258 g/mol. The molecule has 0 fully saturated rings. The molecule has 17 heavy (non-hydrogen) atoms. The topological polar surface area (TPSA) is 77.4 Å². The minimum absolute atomic E-state index is 0.329. The van der Waals surface area contributed by atoms with Gasteiger partial charge < -0.3 is 28.0 Å². The molecule has 1 aromatic carbocycles. The van der Waals surface area contributed by atoms with Gasteiger partial charge in [-0.2, -0.15) is 0 Å². The van der Waals surface area contributed by atoms with Gasteiger partial charge in [-0.3, -0.25) is 0 Å². The first kappa shape index (κ1) is 14.2. The fraction of sp³-hybridized carbons (Fsp3) is 0.333. The van der Waals surface area contributed by atoms with Gasteiger partial charge in [0, 0.05) is 26.5 Å². The van der Waals surface area contributed by atoms with Crippen molar-refractivity contribution < 1.29 is 28.0 Å². The maximum Gasteiger partial charge on any atom is 0.707 e. The normalized spacial score (nSPS) is 11.4. The Bertz CT molecular complexity index is 332. The Morgan fingerprint density at radius 2 is 1.41 bits per heavy atom. The standard InChI is InChI=1S/C9H15BO6Si/c1-13-17(14-2,15-3)9-6-4-8(5-7-9)16-10(11)12/h4-7,11-12H,1-3H3. The number of rotatable bonds is 6. The van der Waals surface area contributed by atoms with Crippen LogP contribution in [0.1, 0.15) is 0 Å². The molecule has 2 N–H and O–H groups in total. The van der Waals surface area contributed by atoms with E-state index in [1.54, 1.807) is 24.3 Å². The van der Waals surface area contributed by atoms with E-state index in [1.165, 1.54) is 21.3 Å². The van der Waals surface area contributed by atoms with Gasteiger partial charge in [0.2, 0.25) is 0 Å². The Labute approximate surface area is 101 Å². The second-order valence-corrected chi connectivity index (χ2v) is 6.05. The third-order valence-electron chi connectivity index (χ3n) is 2.26. The van der Waals surface area contributed by atoms with Gasteiger partial charge in [0.25, 0.3) is 0 Å². The molecule has 0 bridgehead atoms. The van der Waals surface area contributed by atoms with Gasteiger partial charge >= 0.3 is 16.1 Å². The first-order chi connectivity index (χ1) is 8.07. The Kier molecular flexibility index (Phi) is 5.12. The minimum Gasteiger partial charge on any atom is -0.512 e. The molecule has 0 radical (unpaired) electrons. The third kappa shape index (κ3) is 3.28. The van der Waals surface area contributed by atoms with Crippen LogP contribution in [0.25, 0.3) is 0 Å². The molecule has 0 atom stereocenters. The van der Waals surface area contributed by atoms with Gasteiger partial charge in [-0.25, -0.2) is 0 Å². The SMILES string of the molecule is CO[Si](OC)(OC)c1ccc(OB(O)O)cc1. The Balaban J connectivity index is 2.92. The lowest BCUT2D eigenvalue weighted by Gasteiger charge is -2.24. The maximum atomic E-state index is 8.64. The summed E-state index contributed by atoms with van der Waals surface area (Å²) in [4.78, 5) is 0. The average Bonchev–Trinajstić information content (AvgIpc) is 2.33. The third-order valence-corrected chi connectivity index (χ3v) is 4.91. The highest BCUT2D eigenvalue weighted by Gasteiger charge is 2.40. The van der Waals surface area contributed by atoms with Gasteiger partial charge in [0.1, 0.15) is 5.75 Å². The molecule has 0 heterocycles. The smallest absolute Gasteiger partial charge is 0.512 e. The van der Waals surface area contributed by atoms with Crippen molar-refractivity contribution in [3.63, 3.8) is 0 Å². The van der Waals surface area contributed by atoms with Gasteiger partial charge in [-0.1, -0.05) is 12.1 Å². The summed E-state index contributed by atoms with van der Waals surface area (Å²) in [6.07, 6.45) is 0. The van der Waals surface area contributed by atoms with Gasteiger partial charge in [0.15, 0.2) is 0 Å². The van der Waals surface area contributed by atoms with Crippen LogP contribution in [0.5, 0.6) is 5.75 Å². The zero-order valence-electron chi connectivity index (χ0n) is 9.91. The van der Waals surface area contributed by atoms with Gasteiger partial charge in [-0.05, 0) is 12.1 Å². The molecule has 0 aliphatic carbocycles. The second-order valence-electron chi connectivity index (χ2n) is 3.14. The Morgan fingerprint density at radius 1 is 0.941 bits per heavy atom. The molecule has 0 aliphatic rings. The van der Waals surface area contributed by atoms with E-state index in [0.717, 1.165) is 5.19 Å². The lowest BCUT2D eigenvalue weighted by atomic mass is 10.2. The van der Waals surface area contributed by atoms with E-state index in [-0.39, 0.29) is 0 Å². The van der Waals surface area contributed by atoms with Crippen molar-refractivity contribution >= 4 is 21.3 Å². The summed E-state index contributed by atoms with van der Waals surface area (Å²) in [5.41, 5.74) is 0. The molecule has 0 unspecified atom stereocenters. The van der Waals surface area contributed by atoms with Crippen LogP contribution in [0, 0.1) is 0 Å². The van der Waals surface area contributed by atoms with E-state index < -0.39 is 16.1 Å². The van der Waals surface area contributed by atoms with E-state index >= 15 is 0 Å². The molecule has 8 heteroatoms. The molecule has 0 saturated carbocycles. The quantitative estimate of drug-likeness (QED) is 0.645. The first-order valence-electron chi connectivity index (χ1n) is 4.86. The lowest BCUT2D eigenvalue weighted by Crippen LogP contribution is -2.54. The Morgan fingerprint density at radius 3 is 1.76 bits per heavy atom. The van der Waals surface area contributed by atoms with Crippen LogP contribution in [0.15, 0.2) is 24.3 Å². The van der Waals surface area contributed by atoms with Crippen LogP contribution < -0.4 is 9.84 Å². The van der Waals surface area contributed by atoms with Crippen LogP contribution in [0.2, 0.25) is 0 Å². The summed E-state index contributed by atoms with van der Waals surface area (Å²) in [6, 6.07) is 6.54. The highest BCUT2D eigenvalue weighted by molar-refractivity contribution is 6.75. The van der Waals surface area contributed by atoms with Crippen molar-refractivity contribution in [2.24, 2.45) is 0 Å². The summed E-state index contributed by atoms with van der Waals surface area (Å²) >= 11 is 0. The zero-order chi connectivity index (χ0) is 12.9. The van der Waals surface area contributed by atoms with Gasteiger partial charge in [0.05, 0.1) is 0 Å². The fourth-order valence-corrected chi connectivity index (χ4v) is 3.24. The molecule has 0 aromatic heterocycles. The van der Waals surface area contributed by atoms with E-state index in [9.17, 15) is 0 Å². The predicted molar refractivity (Wildman–Crippen MR) is 63.7 cm³/mol. The fourth-order valence-electron chi connectivity index (χ4n) is 1.46. The van der Waals surface area contributed by atoms with Crippen LogP contribution >= 0.6 is 0 Å². The van der Waals surface area contributed by atoms with Crippen molar-refractivity contribution in [3.05, 3.63) is 24.3 Å². The van der Waals surface area contributed by atoms with E-state index in [1.807, 2.05) is 0 Å². The largest absolute Gasteiger partial charge is 0.707 e. The number of benzene rings is 1. The number of hydrogen-bond acceptors (Lipinski definition) is 6. The van der Waals surface area contributed by atoms with Crippen molar-refractivity contribution in [2.75, 3.05) is 21.3 Å². The van der Waals surface area contributed by atoms with Gasteiger partial charge in [-0.15, -0.1) is 0 Å². The molecule has 1 rings (SSSR count). The highest BCUT2D eigenvalue weighted by Crippen LogP contribution is 2.12. The van der Waals surface area contributed by atoms with Crippen LogP contribution in [0.3, 0.4) is 0 Å². The maximum absolute atomic E-state index is 8.64. The zero-order valence-corrected chi connectivity index (χ0v) is 10.9. The van der Waals surface area contributed by atoms with Crippen molar-refractivity contribution in [1.29, 1.82) is 0 Å². The molecule has 6 nitrogen and oxygen atoms in total. The van der Waals surface area contributed by atoms with Crippen LogP contribution in [0.4, 0.5) is 0 Å². The predicted octanol–water partition coefficient (Wildman–Crippen LogP) is -0.880. The van der Waals surface area contributed by atoms with Crippen LogP contribution in [-0.2, 0) is 13.3 Å². The molecule has 0 amide bonds. The molecule has 94 valence electrons. The van der Waals surface area contributed by atoms with Crippen molar-refractivity contribution in [2.45, 2.75) is 0 Å². The summed E-state index contributed by atoms with van der Waals surface area (Å²) in [6.45, 7) is 0. The summed E-state index contributed by atoms with van der Waals surface area (Å²) < 4.78 is 20.6. The van der Waals surface area contributed by atoms with Crippen molar-refractivity contribution in [1.82, 2.24) is 0 Å². The molecular formula is C9H15BO6Si. The molecule has 0 spiro atoms. The molecule has 1 aromatic rings. The summed E-state index contributed by atoms with van der Waals surface area (Å²) in [5.74, 6) is 0.329. The molecular weight excluding hydrogens is 243 g/mol. The lowest BCUT2D eigenvalue weighted by molar-refractivity contribution is 0.140. The van der Waals surface area contributed by atoms with E-state index in [4.69, 9.17) is 23.3 Å². The summed E-state index contributed by atoms with van der Waals surface area (Å²) in [7, 11) is -0.130. The summed E-state index contributed by atoms with van der Waals surface area (Å²) in [5, 5.41) is 18.0. The van der Waals surface area contributed by atoms with E-state index in [0.29, 0.717) is 5.75 Å². The first-order valence-corrected chi connectivity index (χ1v) is 6.59. The highest BCUT2D eigenvalue weighted by atomic mass is 28.4. The molecule has 0 saturated heterocycles. The number of hydrogen-bond donors (Lipinski definition) is 2. The second kappa shape index (κ2) is 6.15. The van der Waals surface area contributed by atoms with Crippen molar-refractivity contribution in [3.8, 4) is 5.75 Å². The Hall–Kier alpha value is -0.898. The minimum atomic E-state index is -2.84.